The highest BCUT2D eigenvalue weighted by atomic mass is 16.3. The van der Waals surface area contributed by atoms with Crippen LogP contribution in [0.4, 0.5) is 17.1 Å². The monoisotopic (exact) mass is 601 g/mol. The Bertz CT molecular complexity index is 2790. The van der Waals surface area contributed by atoms with Crippen LogP contribution in [0, 0.1) is 0 Å². The van der Waals surface area contributed by atoms with Gasteiger partial charge in [0.2, 0.25) is 0 Å². The van der Waals surface area contributed by atoms with Gasteiger partial charge in [-0.1, -0.05) is 103 Å². The number of anilines is 3. The molecule has 0 saturated carbocycles. The van der Waals surface area contributed by atoms with Crippen molar-refractivity contribution in [3.63, 3.8) is 0 Å². The lowest BCUT2D eigenvalue weighted by atomic mass is 10.0. The van der Waals surface area contributed by atoms with Gasteiger partial charge in [-0.05, 0) is 76.3 Å². The summed E-state index contributed by atoms with van der Waals surface area (Å²) in [6.07, 6.45) is 0. The molecule has 2 aromatic heterocycles. The summed E-state index contributed by atoms with van der Waals surface area (Å²) in [6.45, 7) is 0. The first kappa shape index (κ1) is 26.0. The van der Waals surface area contributed by atoms with E-state index in [1.807, 2.05) is 12.1 Å². The predicted octanol–water partition coefficient (Wildman–Crippen LogP) is 12.9. The number of fused-ring (bicyclic) bond motifs is 9. The third-order valence-corrected chi connectivity index (χ3v) is 9.41. The van der Waals surface area contributed by atoms with E-state index >= 15 is 0 Å². The lowest BCUT2D eigenvalue weighted by molar-refractivity contribution is 0.669. The van der Waals surface area contributed by atoms with E-state index in [0.717, 1.165) is 88.2 Å². The summed E-state index contributed by atoms with van der Waals surface area (Å²) in [6, 6.07) is 57.9. The van der Waals surface area contributed by atoms with Crippen LogP contribution in [-0.4, -0.2) is 0 Å². The molecule has 0 aliphatic heterocycles. The summed E-state index contributed by atoms with van der Waals surface area (Å²) in [5.41, 5.74) is 9.10. The van der Waals surface area contributed by atoms with Gasteiger partial charge in [0.25, 0.3) is 0 Å². The summed E-state index contributed by atoms with van der Waals surface area (Å²) < 4.78 is 12.9. The van der Waals surface area contributed by atoms with E-state index < -0.39 is 0 Å². The van der Waals surface area contributed by atoms with Gasteiger partial charge >= 0.3 is 0 Å². The zero-order valence-corrected chi connectivity index (χ0v) is 25.4. The van der Waals surface area contributed by atoms with Gasteiger partial charge in [-0.15, -0.1) is 0 Å². The van der Waals surface area contributed by atoms with Gasteiger partial charge in [0.1, 0.15) is 22.3 Å². The van der Waals surface area contributed by atoms with Crippen molar-refractivity contribution in [2.75, 3.05) is 4.90 Å². The van der Waals surface area contributed by atoms with E-state index in [1.165, 1.54) is 5.39 Å². The molecule has 0 atom stereocenters. The van der Waals surface area contributed by atoms with E-state index in [0.29, 0.717) is 0 Å². The number of nitrogens with zero attached hydrogens (tertiary/aromatic N) is 1. The van der Waals surface area contributed by atoms with Gasteiger partial charge in [-0.25, -0.2) is 0 Å². The summed E-state index contributed by atoms with van der Waals surface area (Å²) in [7, 11) is 0. The van der Waals surface area contributed by atoms with Crippen molar-refractivity contribution in [1.29, 1.82) is 0 Å². The largest absolute Gasteiger partial charge is 0.456 e. The lowest BCUT2D eigenvalue weighted by Crippen LogP contribution is -2.11. The normalized spacial score (nSPS) is 11.8. The molecule has 220 valence electrons. The van der Waals surface area contributed by atoms with Gasteiger partial charge in [0.05, 0.1) is 5.69 Å². The van der Waals surface area contributed by atoms with Crippen LogP contribution in [0.2, 0.25) is 0 Å². The van der Waals surface area contributed by atoms with Crippen LogP contribution in [0.15, 0.2) is 173 Å². The molecule has 2 heterocycles. The third kappa shape index (κ3) is 4.07. The Balaban J connectivity index is 1.22. The molecule has 10 rings (SSSR count). The maximum Gasteiger partial charge on any atom is 0.143 e. The molecule has 0 saturated heterocycles. The summed E-state index contributed by atoms with van der Waals surface area (Å²) in [4.78, 5) is 2.35. The summed E-state index contributed by atoms with van der Waals surface area (Å²) in [5.74, 6) is 0. The third-order valence-electron chi connectivity index (χ3n) is 9.41. The van der Waals surface area contributed by atoms with Crippen LogP contribution in [0.25, 0.3) is 76.5 Å². The van der Waals surface area contributed by atoms with Gasteiger partial charge < -0.3 is 13.7 Å². The van der Waals surface area contributed by atoms with E-state index in [2.05, 4.69) is 157 Å². The number of hydrogen-bond acceptors (Lipinski definition) is 3. The Kier molecular flexibility index (Phi) is 5.57. The lowest BCUT2D eigenvalue weighted by Gasteiger charge is -2.28. The van der Waals surface area contributed by atoms with Crippen molar-refractivity contribution in [3.05, 3.63) is 164 Å². The van der Waals surface area contributed by atoms with Gasteiger partial charge in [-0.2, -0.15) is 0 Å². The van der Waals surface area contributed by atoms with Crippen LogP contribution in [0.1, 0.15) is 0 Å². The molecule has 3 heteroatoms. The van der Waals surface area contributed by atoms with Crippen LogP contribution in [0.5, 0.6) is 0 Å². The first-order valence-electron chi connectivity index (χ1n) is 15.9. The van der Waals surface area contributed by atoms with Crippen LogP contribution < -0.4 is 4.90 Å². The molecule has 0 unspecified atom stereocenters. The van der Waals surface area contributed by atoms with Crippen molar-refractivity contribution in [1.82, 2.24) is 0 Å². The Hall–Kier alpha value is -6.32. The van der Waals surface area contributed by atoms with E-state index in [9.17, 15) is 0 Å². The Morgan fingerprint density at radius 1 is 0.362 bits per heavy atom. The number of para-hydroxylation sites is 2. The van der Waals surface area contributed by atoms with Crippen LogP contribution >= 0.6 is 0 Å². The fraction of sp³-hybridized carbons (Fsp3) is 0. The minimum atomic E-state index is 0.864. The standard InChI is InChI=1S/C44H27NO2/c1-2-10-28(11-3-1)34-13-6-8-16-40(34)45(32-20-18-30-26-42-39(25-31(30)24-32)36-15-7-9-17-41(36)46-42)33-21-23-37-38-22-19-29-12-4-5-14-35(29)44(38)47-43(37)27-33/h1-27H. The molecule has 0 aliphatic carbocycles. The Labute approximate surface area is 270 Å². The molecular weight excluding hydrogens is 574 g/mol. The molecule has 0 bridgehead atoms. The summed E-state index contributed by atoms with van der Waals surface area (Å²) >= 11 is 0. The van der Waals surface area contributed by atoms with Crippen LogP contribution in [-0.2, 0) is 0 Å². The molecule has 0 fully saturated rings. The minimum absolute atomic E-state index is 0.864. The number of rotatable bonds is 4. The second kappa shape index (κ2) is 10.1. The highest BCUT2D eigenvalue weighted by molar-refractivity contribution is 6.16. The zero-order valence-electron chi connectivity index (χ0n) is 25.4. The molecule has 0 radical (unpaired) electrons. The second-order valence-corrected chi connectivity index (χ2v) is 12.1. The molecule has 3 nitrogen and oxygen atoms in total. The first-order valence-corrected chi connectivity index (χ1v) is 15.9. The second-order valence-electron chi connectivity index (χ2n) is 12.1. The molecule has 47 heavy (non-hydrogen) atoms. The van der Waals surface area contributed by atoms with Gasteiger partial charge in [0.15, 0.2) is 0 Å². The minimum Gasteiger partial charge on any atom is -0.456 e. The first-order chi connectivity index (χ1) is 23.3. The molecule has 8 aromatic carbocycles. The van der Waals surface area contributed by atoms with Crippen LogP contribution in [0.3, 0.4) is 0 Å². The van der Waals surface area contributed by atoms with Gasteiger partial charge in [0, 0.05) is 49.9 Å². The smallest absolute Gasteiger partial charge is 0.143 e. The van der Waals surface area contributed by atoms with Crippen molar-refractivity contribution < 1.29 is 8.83 Å². The summed E-state index contributed by atoms with van der Waals surface area (Å²) in [5, 5.41) is 9.08. The molecular formula is C44H27NO2. The van der Waals surface area contributed by atoms with Crippen molar-refractivity contribution in [3.8, 4) is 11.1 Å². The van der Waals surface area contributed by atoms with Crippen molar-refractivity contribution in [2.24, 2.45) is 0 Å². The van der Waals surface area contributed by atoms with Gasteiger partial charge in [-0.3, -0.25) is 0 Å². The Morgan fingerprint density at radius 3 is 1.98 bits per heavy atom. The fourth-order valence-corrected chi connectivity index (χ4v) is 7.18. The van der Waals surface area contributed by atoms with Crippen molar-refractivity contribution >= 4 is 82.5 Å². The molecule has 10 aromatic rings. The molecule has 0 spiro atoms. The number of furan rings is 2. The number of benzene rings is 8. The van der Waals surface area contributed by atoms with E-state index in [-0.39, 0.29) is 0 Å². The maximum atomic E-state index is 6.66. The van der Waals surface area contributed by atoms with E-state index in [4.69, 9.17) is 8.83 Å². The average Bonchev–Trinajstić information content (AvgIpc) is 3.69. The molecule has 0 amide bonds. The SMILES string of the molecule is c1ccc(-c2ccccc2N(c2ccc3cc4oc5ccccc5c4cc3c2)c2ccc3c(c2)oc2c4ccccc4ccc32)cc1. The highest BCUT2D eigenvalue weighted by Gasteiger charge is 2.20. The number of hydrogen-bond donors (Lipinski definition) is 0. The molecule has 0 N–H and O–H groups in total. The highest BCUT2D eigenvalue weighted by Crippen LogP contribution is 2.44. The van der Waals surface area contributed by atoms with E-state index in [1.54, 1.807) is 0 Å². The maximum absolute atomic E-state index is 6.66. The average molecular weight is 602 g/mol. The van der Waals surface area contributed by atoms with Crippen molar-refractivity contribution in [2.45, 2.75) is 0 Å². The topological polar surface area (TPSA) is 29.5 Å². The predicted molar refractivity (Wildman–Crippen MR) is 196 cm³/mol. The molecule has 0 aliphatic rings. The zero-order chi connectivity index (χ0) is 30.9. The quantitative estimate of drug-likeness (QED) is 0.201. The Morgan fingerprint density at radius 2 is 1.04 bits per heavy atom. The fourth-order valence-electron chi connectivity index (χ4n) is 7.18.